The molecule has 0 amide bonds. The van der Waals surface area contributed by atoms with Gasteiger partial charge in [-0.05, 0) is 12.1 Å². The van der Waals surface area contributed by atoms with Crippen molar-refractivity contribution >= 4 is 40.7 Å². The fourth-order valence-electron chi connectivity index (χ4n) is 2.93. The van der Waals surface area contributed by atoms with Crippen LogP contribution in [0, 0.1) is 0 Å². The molecule has 0 saturated carbocycles. The fourth-order valence-corrected chi connectivity index (χ4v) is 3.91. The molecule has 27 heavy (non-hydrogen) atoms. The summed E-state index contributed by atoms with van der Waals surface area (Å²) in [4.78, 5) is 7.40. The molecular weight excluding hydrogens is 477 g/mol. The molecule has 9 heteroatoms. The standard InChI is InChI=1S/C18H25N5O2S.HI/c1-19-18(20-8-11-26(24)16-6-4-3-5-7-16)23-9-10-25-17(14-23)15-12-21-22(2)13-15;/h3-7,12-13,17H,8-11,14H2,1-2H3,(H,19,20);1H. The molecule has 1 fully saturated rings. The number of aryl methyl sites for hydroxylation is 1. The Hall–Kier alpha value is -1.46. The van der Waals surface area contributed by atoms with Crippen LogP contribution in [0.3, 0.4) is 0 Å². The molecule has 1 N–H and O–H groups in total. The summed E-state index contributed by atoms with van der Waals surface area (Å²) in [5, 5.41) is 7.54. The number of nitrogens with one attached hydrogen (secondary N) is 1. The molecule has 0 spiro atoms. The predicted octanol–water partition coefficient (Wildman–Crippen LogP) is 1.79. The van der Waals surface area contributed by atoms with Crippen molar-refractivity contribution in [2.24, 2.45) is 12.0 Å². The Morgan fingerprint density at radius 3 is 2.85 bits per heavy atom. The highest BCUT2D eigenvalue weighted by atomic mass is 127. The van der Waals surface area contributed by atoms with Crippen LogP contribution in [0.1, 0.15) is 11.7 Å². The van der Waals surface area contributed by atoms with E-state index in [0.29, 0.717) is 25.4 Å². The van der Waals surface area contributed by atoms with E-state index in [2.05, 4.69) is 20.3 Å². The molecule has 1 aromatic heterocycles. The molecule has 148 valence electrons. The quantitative estimate of drug-likeness (QED) is 0.383. The molecule has 1 aliphatic rings. The number of guanidine groups is 1. The molecule has 1 aliphatic heterocycles. The summed E-state index contributed by atoms with van der Waals surface area (Å²) in [6.07, 6.45) is 3.80. The molecular formula is C18H26IN5O2S. The van der Waals surface area contributed by atoms with E-state index in [9.17, 15) is 4.21 Å². The second kappa shape index (κ2) is 10.8. The number of benzene rings is 1. The van der Waals surface area contributed by atoms with Gasteiger partial charge in [0, 0.05) is 49.6 Å². The zero-order valence-corrected chi connectivity index (χ0v) is 18.7. The lowest BCUT2D eigenvalue weighted by molar-refractivity contribution is -0.00798. The van der Waals surface area contributed by atoms with Crippen molar-refractivity contribution in [1.82, 2.24) is 20.0 Å². The average molecular weight is 503 g/mol. The zero-order chi connectivity index (χ0) is 18.4. The van der Waals surface area contributed by atoms with Crippen molar-refractivity contribution < 1.29 is 8.95 Å². The van der Waals surface area contributed by atoms with Crippen molar-refractivity contribution in [1.29, 1.82) is 0 Å². The van der Waals surface area contributed by atoms with Crippen molar-refractivity contribution in [3.05, 3.63) is 48.3 Å². The van der Waals surface area contributed by atoms with E-state index >= 15 is 0 Å². The van der Waals surface area contributed by atoms with Crippen LogP contribution in [0.15, 0.2) is 52.6 Å². The van der Waals surface area contributed by atoms with E-state index in [-0.39, 0.29) is 30.1 Å². The molecule has 0 aliphatic carbocycles. The van der Waals surface area contributed by atoms with Crippen molar-refractivity contribution in [3.63, 3.8) is 0 Å². The number of rotatable bonds is 5. The third-order valence-corrected chi connectivity index (χ3v) is 5.62. The summed E-state index contributed by atoms with van der Waals surface area (Å²) in [7, 11) is 2.66. The summed E-state index contributed by atoms with van der Waals surface area (Å²) in [6.45, 7) is 2.73. The van der Waals surface area contributed by atoms with Gasteiger partial charge in [0.2, 0.25) is 0 Å². The Morgan fingerprint density at radius 2 is 2.19 bits per heavy atom. The van der Waals surface area contributed by atoms with E-state index in [0.717, 1.165) is 23.0 Å². The Balaban J connectivity index is 0.00000261. The number of aliphatic imine (C=N–C) groups is 1. The number of hydrogen-bond acceptors (Lipinski definition) is 4. The van der Waals surface area contributed by atoms with Gasteiger partial charge in [0.1, 0.15) is 6.10 Å². The number of morpholine rings is 1. The van der Waals surface area contributed by atoms with Crippen molar-refractivity contribution in [2.45, 2.75) is 11.0 Å². The largest absolute Gasteiger partial charge is 0.370 e. The van der Waals surface area contributed by atoms with Gasteiger partial charge in [-0.1, -0.05) is 18.2 Å². The van der Waals surface area contributed by atoms with Crippen molar-refractivity contribution in [2.75, 3.05) is 39.0 Å². The van der Waals surface area contributed by atoms with Crippen LogP contribution >= 0.6 is 24.0 Å². The molecule has 1 aromatic carbocycles. The maximum absolute atomic E-state index is 12.3. The number of nitrogens with zero attached hydrogens (tertiary/aromatic N) is 4. The summed E-state index contributed by atoms with van der Waals surface area (Å²) >= 11 is 0. The minimum Gasteiger partial charge on any atom is -0.370 e. The molecule has 0 radical (unpaired) electrons. The molecule has 7 nitrogen and oxygen atoms in total. The SMILES string of the molecule is CN=C(NCCS(=O)c1ccccc1)N1CCOC(c2cnn(C)c2)C1.I. The highest BCUT2D eigenvalue weighted by Crippen LogP contribution is 2.21. The highest BCUT2D eigenvalue weighted by Gasteiger charge is 2.25. The highest BCUT2D eigenvalue weighted by molar-refractivity contribution is 14.0. The predicted molar refractivity (Wildman–Crippen MR) is 118 cm³/mol. The molecule has 0 bridgehead atoms. The Labute approximate surface area is 179 Å². The van der Waals surface area contributed by atoms with Gasteiger partial charge in [-0.3, -0.25) is 13.9 Å². The second-order valence-electron chi connectivity index (χ2n) is 6.09. The number of aromatic nitrogens is 2. The summed E-state index contributed by atoms with van der Waals surface area (Å²) < 4.78 is 20.0. The van der Waals surface area contributed by atoms with Gasteiger partial charge in [-0.15, -0.1) is 24.0 Å². The minimum absolute atomic E-state index is 0. The van der Waals surface area contributed by atoms with Crippen LogP contribution in [-0.4, -0.2) is 63.9 Å². The van der Waals surface area contributed by atoms with Crippen LogP contribution in [0.25, 0.3) is 0 Å². The summed E-state index contributed by atoms with van der Waals surface area (Å²) in [5.74, 6) is 1.35. The maximum Gasteiger partial charge on any atom is 0.193 e. The summed E-state index contributed by atoms with van der Waals surface area (Å²) in [6, 6.07) is 9.53. The van der Waals surface area contributed by atoms with E-state index in [1.165, 1.54) is 0 Å². The maximum atomic E-state index is 12.3. The molecule has 1 saturated heterocycles. The topological polar surface area (TPSA) is 71.8 Å². The first-order valence-electron chi connectivity index (χ1n) is 8.66. The van der Waals surface area contributed by atoms with Crippen molar-refractivity contribution in [3.8, 4) is 0 Å². The third kappa shape index (κ3) is 6.01. The average Bonchev–Trinajstić information content (AvgIpc) is 3.12. The minimum atomic E-state index is -1.01. The van der Waals surface area contributed by atoms with E-state index in [4.69, 9.17) is 4.74 Å². The van der Waals surface area contributed by atoms with Crippen LogP contribution in [0.4, 0.5) is 0 Å². The first kappa shape index (κ1) is 21.8. The molecule has 2 aromatic rings. The molecule has 2 atom stereocenters. The smallest absolute Gasteiger partial charge is 0.193 e. The van der Waals surface area contributed by atoms with E-state index in [1.54, 1.807) is 11.7 Å². The number of hydrogen-bond donors (Lipinski definition) is 1. The van der Waals surface area contributed by atoms with Gasteiger partial charge in [-0.25, -0.2) is 0 Å². The number of halogens is 1. The summed E-state index contributed by atoms with van der Waals surface area (Å²) in [5.41, 5.74) is 1.07. The van der Waals surface area contributed by atoms with Gasteiger partial charge in [0.05, 0.1) is 30.1 Å². The second-order valence-corrected chi connectivity index (χ2v) is 7.66. The Bertz CT molecular complexity index is 768. The van der Waals surface area contributed by atoms with Crippen LogP contribution in [0.2, 0.25) is 0 Å². The van der Waals surface area contributed by atoms with E-state index < -0.39 is 10.8 Å². The van der Waals surface area contributed by atoms with Gasteiger partial charge in [0.15, 0.2) is 5.96 Å². The molecule has 2 unspecified atom stereocenters. The fraction of sp³-hybridized carbons (Fsp3) is 0.444. The molecule has 3 rings (SSSR count). The zero-order valence-electron chi connectivity index (χ0n) is 15.6. The third-order valence-electron chi connectivity index (χ3n) is 4.25. The van der Waals surface area contributed by atoms with Gasteiger partial charge < -0.3 is 15.0 Å². The lowest BCUT2D eigenvalue weighted by Gasteiger charge is -2.34. The Morgan fingerprint density at radius 1 is 1.41 bits per heavy atom. The van der Waals surface area contributed by atoms with Crippen LogP contribution in [-0.2, 0) is 22.6 Å². The normalized spacial score (nSPS) is 18.7. The monoisotopic (exact) mass is 503 g/mol. The van der Waals surface area contributed by atoms with Crippen LogP contribution < -0.4 is 5.32 Å². The number of ether oxygens (including phenoxy) is 1. The van der Waals surface area contributed by atoms with Gasteiger partial charge in [-0.2, -0.15) is 5.10 Å². The first-order chi connectivity index (χ1) is 12.7. The Kier molecular flexibility index (Phi) is 8.71. The lowest BCUT2D eigenvalue weighted by atomic mass is 10.1. The van der Waals surface area contributed by atoms with Gasteiger partial charge in [0.25, 0.3) is 0 Å². The first-order valence-corrected chi connectivity index (χ1v) is 9.98. The molecule has 2 heterocycles. The van der Waals surface area contributed by atoms with E-state index in [1.807, 2.05) is 49.8 Å². The van der Waals surface area contributed by atoms with Gasteiger partial charge >= 0.3 is 0 Å². The lowest BCUT2D eigenvalue weighted by Crippen LogP contribution is -2.48. The van der Waals surface area contributed by atoms with Crippen LogP contribution in [0.5, 0.6) is 0 Å².